The Morgan fingerprint density at radius 3 is 2.36 bits per heavy atom. The molecule has 1 aromatic carbocycles. The van der Waals surface area contributed by atoms with Gasteiger partial charge in [-0.15, -0.1) is 0 Å². The number of rotatable bonds is 2. The van der Waals surface area contributed by atoms with E-state index in [0.717, 1.165) is 10.5 Å². The third-order valence-electron chi connectivity index (χ3n) is 4.18. The molecular weight excluding hydrogens is 299 g/mol. The Balaban J connectivity index is 2.29. The summed E-state index contributed by atoms with van der Waals surface area (Å²) in [5.41, 5.74) is 1.86. The summed E-state index contributed by atoms with van der Waals surface area (Å²) in [5.74, 6) is -5.73. The highest BCUT2D eigenvalue weighted by atomic mass is 19.4. The number of carbonyl (C=O) groups excluding carboxylic acids is 1. The second kappa shape index (κ2) is 5.62. The molecule has 1 saturated heterocycles. The fourth-order valence-corrected chi connectivity index (χ4v) is 2.70. The quantitative estimate of drug-likeness (QED) is 0.913. The lowest BCUT2D eigenvalue weighted by Gasteiger charge is -2.19. The Bertz CT molecular complexity index is 613. The number of likely N-dealkylation sites (tertiary alicyclic amines) is 1. The SMILES string of the molecule is Cc1cccc(C(=O)N2C[C@@H](C(F)(F)F)[C@H](C(=O)O)C2)c1C. The van der Waals surface area contributed by atoms with E-state index in [0.29, 0.717) is 11.1 Å². The summed E-state index contributed by atoms with van der Waals surface area (Å²) >= 11 is 0. The highest BCUT2D eigenvalue weighted by Crippen LogP contribution is 2.38. The van der Waals surface area contributed by atoms with Gasteiger partial charge in [0.25, 0.3) is 5.91 Å². The molecule has 1 aromatic rings. The molecule has 0 spiro atoms. The highest BCUT2D eigenvalue weighted by Gasteiger charge is 2.53. The highest BCUT2D eigenvalue weighted by molar-refractivity contribution is 5.96. The number of aliphatic carboxylic acids is 1. The van der Waals surface area contributed by atoms with Crippen molar-refractivity contribution in [2.45, 2.75) is 20.0 Å². The number of hydrogen-bond donors (Lipinski definition) is 1. The predicted octanol–water partition coefficient (Wildman–Crippen LogP) is 2.64. The lowest BCUT2D eigenvalue weighted by Crippen LogP contribution is -2.34. The summed E-state index contributed by atoms with van der Waals surface area (Å²) in [6.45, 7) is 2.47. The van der Waals surface area contributed by atoms with Crippen LogP contribution in [0.15, 0.2) is 18.2 Å². The summed E-state index contributed by atoms with van der Waals surface area (Å²) in [5, 5.41) is 8.98. The molecule has 1 N–H and O–H groups in total. The summed E-state index contributed by atoms with van der Waals surface area (Å²) in [7, 11) is 0. The molecule has 22 heavy (non-hydrogen) atoms. The maximum atomic E-state index is 13.0. The minimum absolute atomic E-state index is 0.312. The van der Waals surface area contributed by atoms with Gasteiger partial charge >= 0.3 is 12.1 Å². The van der Waals surface area contributed by atoms with Crippen LogP contribution in [0.25, 0.3) is 0 Å². The van der Waals surface area contributed by atoms with Gasteiger partial charge in [-0.1, -0.05) is 12.1 Å². The zero-order valence-corrected chi connectivity index (χ0v) is 12.1. The average Bonchev–Trinajstić information content (AvgIpc) is 2.86. The topological polar surface area (TPSA) is 57.6 Å². The van der Waals surface area contributed by atoms with Crippen molar-refractivity contribution in [3.63, 3.8) is 0 Å². The summed E-state index contributed by atoms with van der Waals surface area (Å²) in [6.07, 6.45) is -4.64. The Morgan fingerprint density at radius 2 is 1.86 bits per heavy atom. The molecule has 0 aromatic heterocycles. The Hall–Kier alpha value is -2.05. The maximum Gasteiger partial charge on any atom is 0.394 e. The van der Waals surface area contributed by atoms with Crippen LogP contribution in [0.1, 0.15) is 21.5 Å². The fourth-order valence-electron chi connectivity index (χ4n) is 2.70. The lowest BCUT2D eigenvalue weighted by atomic mass is 9.96. The van der Waals surface area contributed by atoms with E-state index >= 15 is 0 Å². The van der Waals surface area contributed by atoms with Crippen molar-refractivity contribution in [1.29, 1.82) is 0 Å². The van der Waals surface area contributed by atoms with E-state index < -0.39 is 43.0 Å². The molecule has 1 aliphatic rings. The minimum Gasteiger partial charge on any atom is -0.481 e. The third-order valence-corrected chi connectivity index (χ3v) is 4.18. The van der Waals surface area contributed by atoms with Crippen LogP contribution in [-0.2, 0) is 4.79 Å². The Kier molecular flexibility index (Phi) is 4.17. The zero-order chi connectivity index (χ0) is 16.7. The molecule has 7 heteroatoms. The molecule has 120 valence electrons. The van der Waals surface area contributed by atoms with Crippen LogP contribution >= 0.6 is 0 Å². The lowest BCUT2D eigenvalue weighted by molar-refractivity contribution is -0.187. The van der Waals surface area contributed by atoms with Crippen LogP contribution in [0.5, 0.6) is 0 Å². The smallest absolute Gasteiger partial charge is 0.394 e. The number of benzene rings is 1. The molecule has 0 radical (unpaired) electrons. The second-order valence-corrected chi connectivity index (χ2v) is 5.55. The molecule has 1 heterocycles. The number of halogens is 3. The van der Waals surface area contributed by atoms with Crippen molar-refractivity contribution in [2.24, 2.45) is 11.8 Å². The first-order valence-corrected chi connectivity index (χ1v) is 6.78. The normalized spacial score (nSPS) is 22.0. The number of carboxylic acid groups (broad SMARTS) is 1. The van der Waals surface area contributed by atoms with Gasteiger partial charge in [-0.3, -0.25) is 9.59 Å². The van der Waals surface area contributed by atoms with E-state index in [1.807, 2.05) is 0 Å². The van der Waals surface area contributed by atoms with Crippen molar-refractivity contribution in [2.75, 3.05) is 13.1 Å². The van der Waals surface area contributed by atoms with Gasteiger partial charge in [-0.2, -0.15) is 13.2 Å². The minimum atomic E-state index is -4.64. The van der Waals surface area contributed by atoms with Crippen molar-refractivity contribution >= 4 is 11.9 Å². The van der Waals surface area contributed by atoms with Gasteiger partial charge in [-0.25, -0.2) is 0 Å². The van der Waals surface area contributed by atoms with Gasteiger partial charge < -0.3 is 10.0 Å². The van der Waals surface area contributed by atoms with E-state index in [1.54, 1.807) is 32.0 Å². The maximum absolute atomic E-state index is 13.0. The zero-order valence-electron chi connectivity index (χ0n) is 12.1. The molecule has 1 amide bonds. The first-order valence-electron chi connectivity index (χ1n) is 6.78. The molecule has 4 nitrogen and oxygen atoms in total. The molecule has 0 bridgehead atoms. The predicted molar refractivity (Wildman–Crippen MR) is 72.5 cm³/mol. The number of hydrogen-bond acceptors (Lipinski definition) is 2. The van der Waals surface area contributed by atoms with Gasteiger partial charge in [0.15, 0.2) is 0 Å². The molecular formula is C15H16F3NO3. The Morgan fingerprint density at radius 1 is 1.23 bits per heavy atom. The molecule has 2 rings (SSSR count). The van der Waals surface area contributed by atoms with Crippen LogP contribution in [0.2, 0.25) is 0 Å². The van der Waals surface area contributed by atoms with Crippen LogP contribution < -0.4 is 0 Å². The fraction of sp³-hybridized carbons (Fsp3) is 0.467. The molecule has 0 saturated carbocycles. The second-order valence-electron chi connectivity index (χ2n) is 5.55. The van der Waals surface area contributed by atoms with E-state index in [4.69, 9.17) is 5.11 Å². The van der Waals surface area contributed by atoms with E-state index in [-0.39, 0.29) is 0 Å². The number of carboxylic acids is 1. The third kappa shape index (κ3) is 2.93. The van der Waals surface area contributed by atoms with Gasteiger partial charge in [0.2, 0.25) is 0 Å². The summed E-state index contributed by atoms with van der Waals surface area (Å²) < 4.78 is 38.9. The van der Waals surface area contributed by atoms with E-state index in [9.17, 15) is 22.8 Å². The summed E-state index contributed by atoms with van der Waals surface area (Å²) in [4.78, 5) is 24.5. The van der Waals surface area contributed by atoms with Gasteiger partial charge in [0, 0.05) is 18.7 Å². The molecule has 0 unspecified atom stereocenters. The van der Waals surface area contributed by atoms with Crippen molar-refractivity contribution < 1.29 is 27.9 Å². The number of aryl methyl sites for hydroxylation is 1. The van der Waals surface area contributed by atoms with Crippen LogP contribution in [-0.4, -0.2) is 41.1 Å². The van der Waals surface area contributed by atoms with Gasteiger partial charge in [0.05, 0.1) is 11.8 Å². The van der Waals surface area contributed by atoms with E-state index in [2.05, 4.69) is 0 Å². The largest absolute Gasteiger partial charge is 0.481 e. The number of nitrogens with zero attached hydrogens (tertiary/aromatic N) is 1. The van der Waals surface area contributed by atoms with Crippen molar-refractivity contribution in [1.82, 2.24) is 4.90 Å². The number of alkyl halides is 3. The number of carbonyl (C=O) groups is 2. The van der Waals surface area contributed by atoms with E-state index in [1.165, 1.54) is 0 Å². The first-order chi connectivity index (χ1) is 10.1. The molecule has 1 fully saturated rings. The van der Waals surface area contributed by atoms with Crippen LogP contribution in [0.4, 0.5) is 13.2 Å². The average molecular weight is 315 g/mol. The summed E-state index contributed by atoms with van der Waals surface area (Å²) in [6, 6.07) is 5.00. The monoisotopic (exact) mass is 315 g/mol. The van der Waals surface area contributed by atoms with Gasteiger partial charge in [-0.05, 0) is 31.0 Å². The standard InChI is InChI=1S/C15H16F3NO3/c1-8-4-3-5-10(9(8)2)13(20)19-6-11(14(21)22)12(7-19)15(16,17)18/h3-5,11-12H,6-7H2,1-2H3,(H,21,22)/t11-,12-/m1/s1. The van der Waals surface area contributed by atoms with Crippen LogP contribution in [0.3, 0.4) is 0 Å². The van der Waals surface area contributed by atoms with Crippen LogP contribution in [0, 0.1) is 25.7 Å². The van der Waals surface area contributed by atoms with Crippen molar-refractivity contribution in [3.8, 4) is 0 Å². The molecule has 2 atom stereocenters. The van der Waals surface area contributed by atoms with Gasteiger partial charge in [0.1, 0.15) is 0 Å². The molecule has 0 aliphatic carbocycles. The molecule has 1 aliphatic heterocycles. The number of amides is 1. The first kappa shape index (κ1) is 16.3. The Labute approximate surface area is 125 Å². The van der Waals surface area contributed by atoms with Crippen molar-refractivity contribution in [3.05, 3.63) is 34.9 Å².